The van der Waals surface area contributed by atoms with Crippen molar-refractivity contribution in [2.24, 2.45) is 0 Å². The fourth-order valence-electron chi connectivity index (χ4n) is 2.42. The van der Waals surface area contributed by atoms with Gasteiger partial charge < -0.3 is 20.1 Å². The van der Waals surface area contributed by atoms with E-state index in [1.54, 1.807) is 12.1 Å². The Morgan fingerprint density at radius 1 is 1.27 bits per heavy atom. The molecule has 0 amide bonds. The van der Waals surface area contributed by atoms with Crippen molar-refractivity contribution in [3.05, 3.63) is 35.5 Å². The summed E-state index contributed by atoms with van der Waals surface area (Å²) in [6, 6.07) is 5.22. The minimum Gasteiger partial charge on any atom is -0.487 e. The summed E-state index contributed by atoms with van der Waals surface area (Å²) >= 11 is 0. The molecule has 0 radical (unpaired) electrons. The number of rotatable bonds is 7. The largest absolute Gasteiger partial charge is 0.487 e. The fraction of sp³-hybridized carbons (Fsp3) is 0.500. The first kappa shape index (κ1) is 16.5. The van der Waals surface area contributed by atoms with E-state index in [-0.39, 0.29) is 17.9 Å². The van der Waals surface area contributed by atoms with E-state index in [0.29, 0.717) is 5.75 Å². The van der Waals surface area contributed by atoms with Crippen LogP contribution in [0.3, 0.4) is 0 Å². The highest BCUT2D eigenvalue weighted by atomic mass is 19.3. The lowest BCUT2D eigenvalue weighted by molar-refractivity contribution is -0.0519. The molecule has 0 fully saturated rings. The van der Waals surface area contributed by atoms with Gasteiger partial charge in [0.15, 0.2) is 11.5 Å². The van der Waals surface area contributed by atoms with Gasteiger partial charge in [-0.3, -0.25) is 0 Å². The molecule has 2 N–H and O–H groups in total. The van der Waals surface area contributed by atoms with Crippen molar-refractivity contribution in [2.75, 3.05) is 13.6 Å². The molecule has 1 aromatic rings. The van der Waals surface area contributed by atoms with E-state index in [9.17, 15) is 8.78 Å². The average Bonchev–Trinajstić information content (AvgIpc) is 2.88. The first-order chi connectivity index (χ1) is 10.5. The van der Waals surface area contributed by atoms with Crippen LogP contribution in [0.25, 0.3) is 0 Å². The van der Waals surface area contributed by atoms with E-state index in [4.69, 9.17) is 4.74 Å². The Bertz CT molecular complexity index is 533. The third-order valence-corrected chi connectivity index (χ3v) is 3.28. The van der Waals surface area contributed by atoms with Crippen molar-refractivity contribution in [1.29, 1.82) is 0 Å². The Kier molecular flexibility index (Phi) is 5.60. The number of alkyl halides is 2. The summed E-state index contributed by atoms with van der Waals surface area (Å²) < 4.78 is 35.1. The van der Waals surface area contributed by atoms with Gasteiger partial charge in [-0.2, -0.15) is 8.78 Å². The molecule has 0 aliphatic carbocycles. The highest BCUT2D eigenvalue weighted by Crippen LogP contribution is 2.34. The third kappa shape index (κ3) is 4.34. The average molecular weight is 312 g/mol. The Morgan fingerprint density at radius 2 is 2.05 bits per heavy atom. The Balaban J connectivity index is 2.16. The molecule has 2 rings (SSSR count). The molecule has 0 spiro atoms. The highest BCUT2D eigenvalue weighted by molar-refractivity contribution is 5.44. The Labute approximate surface area is 129 Å². The van der Waals surface area contributed by atoms with Crippen LogP contribution >= 0.6 is 0 Å². The SMILES string of the molecule is CNCC1=CCC(c2ccc(OC(F)F)c(OC(C)C)c2)N1. The first-order valence-corrected chi connectivity index (χ1v) is 7.35. The predicted molar refractivity (Wildman–Crippen MR) is 81.3 cm³/mol. The van der Waals surface area contributed by atoms with E-state index < -0.39 is 6.61 Å². The minimum atomic E-state index is -2.87. The fourth-order valence-corrected chi connectivity index (χ4v) is 2.42. The zero-order valence-corrected chi connectivity index (χ0v) is 13.0. The predicted octanol–water partition coefficient (Wildman–Crippen LogP) is 3.21. The summed E-state index contributed by atoms with van der Waals surface area (Å²) in [5.74, 6) is 0.408. The van der Waals surface area contributed by atoms with Gasteiger partial charge in [0.05, 0.1) is 12.1 Å². The quantitative estimate of drug-likeness (QED) is 0.811. The third-order valence-electron chi connectivity index (χ3n) is 3.28. The second-order valence-corrected chi connectivity index (χ2v) is 5.44. The number of nitrogens with one attached hydrogen (secondary N) is 2. The van der Waals surface area contributed by atoms with Gasteiger partial charge in [-0.15, -0.1) is 0 Å². The van der Waals surface area contributed by atoms with Crippen molar-refractivity contribution < 1.29 is 18.3 Å². The Hall–Kier alpha value is -1.82. The zero-order valence-electron chi connectivity index (χ0n) is 13.0. The van der Waals surface area contributed by atoms with Crippen LogP contribution in [-0.4, -0.2) is 26.3 Å². The molecular formula is C16H22F2N2O2. The molecule has 1 aliphatic rings. The van der Waals surface area contributed by atoms with Gasteiger partial charge >= 0.3 is 6.61 Å². The van der Waals surface area contributed by atoms with Crippen LogP contribution in [0.15, 0.2) is 30.0 Å². The maximum absolute atomic E-state index is 12.5. The topological polar surface area (TPSA) is 42.5 Å². The van der Waals surface area contributed by atoms with E-state index >= 15 is 0 Å². The van der Waals surface area contributed by atoms with E-state index in [2.05, 4.69) is 21.4 Å². The molecule has 1 unspecified atom stereocenters. The number of ether oxygens (including phenoxy) is 2. The zero-order chi connectivity index (χ0) is 16.1. The molecule has 0 saturated heterocycles. The molecule has 1 aliphatic heterocycles. The molecule has 1 aromatic carbocycles. The molecule has 122 valence electrons. The van der Waals surface area contributed by atoms with Crippen LogP contribution in [0.5, 0.6) is 11.5 Å². The smallest absolute Gasteiger partial charge is 0.387 e. The first-order valence-electron chi connectivity index (χ1n) is 7.35. The van der Waals surface area contributed by atoms with Crippen LogP contribution in [0.1, 0.15) is 31.9 Å². The second-order valence-electron chi connectivity index (χ2n) is 5.44. The number of halogens is 2. The van der Waals surface area contributed by atoms with Crippen LogP contribution in [0, 0.1) is 0 Å². The molecule has 0 bridgehead atoms. The molecule has 0 saturated carbocycles. The van der Waals surface area contributed by atoms with Crippen LogP contribution < -0.4 is 20.1 Å². The summed E-state index contributed by atoms with van der Waals surface area (Å²) in [4.78, 5) is 0. The summed E-state index contributed by atoms with van der Waals surface area (Å²) in [5, 5.41) is 6.49. The van der Waals surface area contributed by atoms with Crippen LogP contribution in [0.2, 0.25) is 0 Å². The molecule has 4 nitrogen and oxygen atoms in total. The van der Waals surface area contributed by atoms with E-state index in [1.807, 2.05) is 20.9 Å². The van der Waals surface area contributed by atoms with Gasteiger partial charge in [0.25, 0.3) is 0 Å². The summed E-state index contributed by atoms with van der Waals surface area (Å²) in [6.07, 6.45) is 2.87. The normalized spacial score (nSPS) is 17.6. The molecule has 1 heterocycles. The minimum absolute atomic E-state index is 0.0638. The number of hydrogen-bond donors (Lipinski definition) is 2. The van der Waals surface area contributed by atoms with Gasteiger partial charge in [-0.25, -0.2) is 0 Å². The number of hydrogen-bond acceptors (Lipinski definition) is 4. The van der Waals surface area contributed by atoms with Gasteiger partial charge in [-0.05, 0) is 45.0 Å². The summed E-state index contributed by atoms with van der Waals surface area (Å²) in [5.41, 5.74) is 2.12. The van der Waals surface area contributed by atoms with Crippen molar-refractivity contribution in [3.63, 3.8) is 0 Å². The standard InChI is InChI=1S/C16H22F2N2O2/c1-10(2)21-15-8-11(4-7-14(15)22-16(17)18)13-6-5-12(20-13)9-19-3/h4-5,7-8,10,13,16,19-20H,6,9H2,1-3H3. The van der Waals surface area contributed by atoms with Crippen molar-refractivity contribution >= 4 is 0 Å². The molecular weight excluding hydrogens is 290 g/mol. The van der Waals surface area contributed by atoms with Crippen LogP contribution in [-0.2, 0) is 0 Å². The van der Waals surface area contributed by atoms with Gasteiger partial charge in [0.1, 0.15) is 0 Å². The summed E-state index contributed by atoms with van der Waals surface area (Å²) in [7, 11) is 1.89. The van der Waals surface area contributed by atoms with Crippen molar-refractivity contribution in [1.82, 2.24) is 10.6 Å². The highest BCUT2D eigenvalue weighted by Gasteiger charge is 2.20. The lowest BCUT2D eigenvalue weighted by Gasteiger charge is -2.19. The van der Waals surface area contributed by atoms with Gasteiger partial charge in [-0.1, -0.05) is 12.1 Å². The van der Waals surface area contributed by atoms with Crippen LogP contribution in [0.4, 0.5) is 8.78 Å². The van der Waals surface area contributed by atoms with Crippen molar-refractivity contribution in [2.45, 2.75) is 39.0 Å². The monoisotopic (exact) mass is 312 g/mol. The van der Waals surface area contributed by atoms with E-state index in [0.717, 1.165) is 24.2 Å². The maximum atomic E-state index is 12.5. The lowest BCUT2D eigenvalue weighted by Crippen LogP contribution is -2.22. The number of likely N-dealkylation sites (N-methyl/N-ethyl adjacent to an activating group) is 1. The second kappa shape index (κ2) is 7.45. The van der Waals surface area contributed by atoms with E-state index in [1.165, 1.54) is 6.07 Å². The maximum Gasteiger partial charge on any atom is 0.387 e. The van der Waals surface area contributed by atoms with Gasteiger partial charge in [0.2, 0.25) is 0 Å². The number of benzene rings is 1. The van der Waals surface area contributed by atoms with Crippen molar-refractivity contribution in [3.8, 4) is 11.5 Å². The molecule has 0 aromatic heterocycles. The Morgan fingerprint density at radius 3 is 2.68 bits per heavy atom. The lowest BCUT2D eigenvalue weighted by atomic mass is 10.1. The van der Waals surface area contributed by atoms with Gasteiger partial charge in [0, 0.05) is 12.2 Å². The molecule has 22 heavy (non-hydrogen) atoms. The summed E-state index contributed by atoms with van der Waals surface area (Å²) in [6.45, 7) is 1.60. The molecule has 1 atom stereocenters. The molecule has 6 heteroatoms.